The van der Waals surface area contributed by atoms with Gasteiger partial charge in [0, 0.05) is 11.6 Å². The average molecular weight is 265 g/mol. The number of nitrogen functional groups attached to an aromatic ring is 1. The Kier molecular flexibility index (Phi) is 2.76. The highest BCUT2D eigenvalue weighted by molar-refractivity contribution is 5.97. The molecular weight excluding hydrogens is 254 g/mol. The van der Waals surface area contributed by atoms with Gasteiger partial charge in [-0.1, -0.05) is 24.3 Å². The molecule has 0 atom stereocenters. The largest absolute Gasteiger partial charge is 0.383 e. The first-order valence-corrected chi connectivity index (χ1v) is 5.93. The van der Waals surface area contributed by atoms with Gasteiger partial charge in [-0.05, 0) is 12.1 Å². The van der Waals surface area contributed by atoms with Crippen LogP contribution in [0.15, 0.2) is 42.6 Å². The molecule has 0 aliphatic carbocycles. The molecule has 2 heterocycles. The lowest BCUT2D eigenvalue weighted by molar-refractivity contribution is 0.100. The van der Waals surface area contributed by atoms with Crippen LogP contribution < -0.4 is 11.5 Å². The second-order valence-corrected chi connectivity index (χ2v) is 4.25. The third kappa shape index (κ3) is 2.03. The van der Waals surface area contributed by atoms with E-state index in [0.717, 1.165) is 10.9 Å². The molecule has 0 saturated carbocycles. The number of primary amides is 1. The molecule has 0 bridgehead atoms. The lowest BCUT2D eigenvalue weighted by Crippen LogP contribution is -2.15. The Morgan fingerprint density at radius 3 is 2.60 bits per heavy atom. The van der Waals surface area contributed by atoms with E-state index in [2.05, 4.69) is 15.0 Å². The Labute approximate surface area is 114 Å². The molecule has 3 rings (SSSR count). The van der Waals surface area contributed by atoms with Crippen molar-refractivity contribution in [2.75, 3.05) is 5.73 Å². The minimum Gasteiger partial charge on any atom is -0.383 e. The summed E-state index contributed by atoms with van der Waals surface area (Å²) in [5.74, 6) is -0.240. The first-order chi connectivity index (χ1) is 9.65. The van der Waals surface area contributed by atoms with Crippen molar-refractivity contribution in [3.8, 4) is 11.5 Å². The quantitative estimate of drug-likeness (QED) is 0.727. The summed E-state index contributed by atoms with van der Waals surface area (Å²) in [5, 5.41) is 1.03. The maximum absolute atomic E-state index is 11.1. The molecule has 4 N–H and O–H groups in total. The number of para-hydroxylation sites is 1. The van der Waals surface area contributed by atoms with E-state index >= 15 is 0 Å². The molecule has 0 aliphatic heterocycles. The summed E-state index contributed by atoms with van der Waals surface area (Å²) in [5.41, 5.74) is 12.4. The third-order valence-electron chi connectivity index (χ3n) is 2.91. The Hall–Kier alpha value is -3.02. The maximum atomic E-state index is 11.1. The monoisotopic (exact) mass is 265 g/mol. The van der Waals surface area contributed by atoms with Gasteiger partial charge in [0.15, 0.2) is 5.82 Å². The molecule has 3 aromatic rings. The normalized spacial score (nSPS) is 10.6. The van der Waals surface area contributed by atoms with E-state index in [1.54, 1.807) is 6.07 Å². The first kappa shape index (κ1) is 12.0. The minimum absolute atomic E-state index is 0.0532. The fourth-order valence-corrected chi connectivity index (χ4v) is 1.90. The van der Waals surface area contributed by atoms with Crippen LogP contribution in [0.4, 0.5) is 5.82 Å². The van der Waals surface area contributed by atoms with Crippen LogP contribution in [-0.4, -0.2) is 20.9 Å². The van der Waals surface area contributed by atoms with Crippen molar-refractivity contribution in [3.05, 3.63) is 48.2 Å². The van der Waals surface area contributed by atoms with Crippen molar-refractivity contribution in [1.29, 1.82) is 0 Å². The molecule has 1 aromatic carbocycles. The van der Waals surface area contributed by atoms with Gasteiger partial charge in [-0.25, -0.2) is 15.0 Å². The number of nitrogens with two attached hydrogens (primary N) is 2. The highest BCUT2D eigenvalue weighted by Crippen LogP contribution is 2.19. The molecular formula is C14H11N5O. The molecule has 20 heavy (non-hydrogen) atoms. The molecule has 0 spiro atoms. The average Bonchev–Trinajstić information content (AvgIpc) is 2.46. The zero-order valence-corrected chi connectivity index (χ0v) is 10.4. The summed E-state index contributed by atoms with van der Waals surface area (Å²) < 4.78 is 0. The van der Waals surface area contributed by atoms with Gasteiger partial charge in [0.2, 0.25) is 0 Å². The number of hydrogen-bond donors (Lipinski definition) is 2. The fraction of sp³-hybridized carbons (Fsp3) is 0. The highest BCUT2D eigenvalue weighted by atomic mass is 16.1. The maximum Gasteiger partial charge on any atom is 0.254 e. The second-order valence-electron chi connectivity index (χ2n) is 4.25. The van der Waals surface area contributed by atoms with Gasteiger partial charge in [-0.2, -0.15) is 0 Å². The van der Waals surface area contributed by atoms with Crippen LogP contribution in [0.25, 0.3) is 22.4 Å². The summed E-state index contributed by atoms with van der Waals surface area (Å²) in [6.45, 7) is 0. The number of rotatable bonds is 2. The minimum atomic E-state index is -0.652. The molecule has 6 heteroatoms. The molecule has 0 unspecified atom stereocenters. The number of aromatic nitrogens is 3. The predicted octanol–water partition coefficient (Wildman–Crippen LogP) is 1.37. The number of nitrogens with zero attached hydrogens (tertiary/aromatic N) is 3. The lowest BCUT2D eigenvalue weighted by Gasteiger charge is -2.04. The van der Waals surface area contributed by atoms with Crippen LogP contribution >= 0.6 is 0 Å². The number of carbonyl (C=O) groups is 1. The molecule has 0 fully saturated rings. The Bertz CT molecular complexity index is 816. The van der Waals surface area contributed by atoms with Crippen LogP contribution in [0.1, 0.15) is 10.4 Å². The number of carbonyl (C=O) groups excluding carboxylic acids is 1. The van der Waals surface area contributed by atoms with Crippen LogP contribution in [-0.2, 0) is 0 Å². The number of fused-ring (bicyclic) bond motifs is 1. The SMILES string of the molecule is NC(=O)c1cnc(-c2ccc3ccccc3n2)nc1N. The standard InChI is InChI=1S/C14H11N5O/c15-12-9(13(16)20)7-17-14(19-12)11-6-5-8-3-1-2-4-10(8)18-11/h1-7H,(H2,16,20)(H2,15,17,19). The van der Waals surface area contributed by atoms with E-state index < -0.39 is 5.91 Å². The van der Waals surface area contributed by atoms with Gasteiger partial charge < -0.3 is 11.5 Å². The Morgan fingerprint density at radius 1 is 1.05 bits per heavy atom. The highest BCUT2D eigenvalue weighted by Gasteiger charge is 2.11. The van der Waals surface area contributed by atoms with E-state index in [1.165, 1.54) is 6.20 Å². The molecule has 2 aromatic heterocycles. The van der Waals surface area contributed by atoms with E-state index in [9.17, 15) is 4.79 Å². The summed E-state index contributed by atoms with van der Waals surface area (Å²) in [6.07, 6.45) is 1.32. The van der Waals surface area contributed by atoms with Crippen LogP contribution in [0.5, 0.6) is 0 Å². The van der Waals surface area contributed by atoms with Crippen molar-refractivity contribution in [1.82, 2.24) is 15.0 Å². The summed E-state index contributed by atoms with van der Waals surface area (Å²) in [7, 11) is 0. The van der Waals surface area contributed by atoms with Gasteiger partial charge in [-0.15, -0.1) is 0 Å². The summed E-state index contributed by atoms with van der Waals surface area (Å²) in [6, 6.07) is 11.5. The van der Waals surface area contributed by atoms with Gasteiger partial charge in [0.05, 0.1) is 11.1 Å². The van der Waals surface area contributed by atoms with Crippen LogP contribution in [0.2, 0.25) is 0 Å². The zero-order valence-electron chi connectivity index (χ0n) is 10.4. The van der Waals surface area contributed by atoms with Crippen molar-refractivity contribution in [2.45, 2.75) is 0 Å². The zero-order chi connectivity index (χ0) is 14.1. The van der Waals surface area contributed by atoms with E-state index in [0.29, 0.717) is 11.5 Å². The molecule has 0 saturated heterocycles. The van der Waals surface area contributed by atoms with Crippen LogP contribution in [0, 0.1) is 0 Å². The van der Waals surface area contributed by atoms with Gasteiger partial charge >= 0.3 is 0 Å². The van der Waals surface area contributed by atoms with E-state index in [1.807, 2.05) is 30.3 Å². The van der Waals surface area contributed by atoms with Crippen molar-refractivity contribution >= 4 is 22.6 Å². The third-order valence-corrected chi connectivity index (χ3v) is 2.91. The fourth-order valence-electron chi connectivity index (χ4n) is 1.90. The summed E-state index contributed by atoms with van der Waals surface area (Å²) in [4.78, 5) is 23.7. The Balaban J connectivity index is 2.11. The van der Waals surface area contributed by atoms with Gasteiger partial charge in [0.1, 0.15) is 11.5 Å². The summed E-state index contributed by atoms with van der Waals surface area (Å²) >= 11 is 0. The molecule has 1 amide bonds. The number of anilines is 1. The number of benzene rings is 1. The topological polar surface area (TPSA) is 108 Å². The van der Waals surface area contributed by atoms with Crippen molar-refractivity contribution in [2.24, 2.45) is 5.73 Å². The van der Waals surface area contributed by atoms with Crippen molar-refractivity contribution < 1.29 is 4.79 Å². The molecule has 0 aliphatic rings. The predicted molar refractivity (Wildman–Crippen MR) is 75.7 cm³/mol. The molecule has 6 nitrogen and oxygen atoms in total. The number of pyridine rings is 1. The Morgan fingerprint density at radius 2 is 1.85 bits per heavy atom. The molecule has 0 radical (unpaired) electrons. The van der Waals surface area contributed by atoms with Gasteiger partial charge in [0.25, 0.3) is 5.91 Å². The van der Waals surface area contributed by atoms with Gasteiger partial charge in [-0.3, -0.25) is 4.79 Å². The second kappa shape index (κ2) is 4.58. The van der Waals surface area contributed by atoms with Crippen molar-refractivity contribution in [3.63, 3.8) is 0 Å². The van der Waals surface area contributed by atoms with E-state index in [-0.39, 0.29) is 11.4 Å². The molecule has 98 valence electrons. The lowest BCUT2D eigenvalue weighted by atomic mass is 10.2. The van der Waals surface area contributed by atoms with E-state index in [4.69, 9.17) is 11.5 Å². The number of hydrogen-bond acceptors (Lipinski definition) is 5. The first-order valence-electron chi connectivity index (χ1n) is 5.93. The number of amides is 1. The smallest absolute Gasteiger partial charge is 0.254 e. The van der Waals surface area contributed by atoms with Crippen LogP contribution in [0.3, 0.4) is 0 Å².